The Kier molecular flexibility index (Phi) is 4.32. The van der Waals surface area contributed by atoms with E-state index in [2.05, 4.69) is 12.2 Å². The lowest BCUT2D eigenvalue weighted by molar-refractivity contribution is -0.167. The van der Waals surface area contributed by atoms with Gasteiger partial charge in [0, 0.05) is 18.3 Å². The van der Waals surface area contributed by atoms with Gasteiger partial charge in [-0.05, 0) is 36.5 Å². The molecule has 0 bridgehead atoms. The summed E-state index contributed by atoms with van der Waals surface area (Å²) in [7, 11) is 0. The van der Waals surface area contributed by atoms with Crippen molar-refractivity contribution in [1.82, 2.24) is 5.32 Å². The molecule has 20 heavy (non-hydrogen) atoms. The third kappa shape index (κ3) is 3.96. The van der Waals surface area contributed by atoms with Crippen molar-refractivity contribution in [3.05, 3.63) is 29.8 Å². The first-order chi connectivity index (χ1) is 9.34. The van der Waals surface area contributed by atoms with Gasteiger partial charge in [-0.15, -0.1) is 0 Å². The molecule has 0 aliphatic heterocycles. The molecular weight excluding hydrogens is 269 g/mol. The van der Waals surface area contributed by atoms with Gasteiger partial charge in [-0.1, -0.05) is 19.1 Å². The lowest BCUT2D eigenvalue weighted by atomic mass is 9.82. The second-order valence-corrected chi connectivity index (χ2v) is 5.31. The first kappa shape index (κ1) is 14.8. The highest BCUT2D eigenvalue weighted by atomic mass is 19.4. The summed E-state index contributed by atoms with van der Waals surface area (Å²) >= 11 is 0. The predicted octanol–water partition coefficient (Wildman–Crippen LogP) is 3.08. The number of amides is 1. The third-order valence-corrected chi connectivity index (χ3v) is 3.41. The van der Waals surface area contributed by atoms with Crippen LogP contribution in [0.5, 0.6) is 0 Å². The Morgan fingerprint density at radius 2 is 2.05 bits per heavy atom. The van der Waals surface area contributed by atoms with E-state index in [4.69, 9.17) is 0 Å². The molecule has 0 spiro atoms. The summed E-state index contributed by atoms with van der Waals surface area (Å²) in [5.74, 6) is -1.21. The zero-order valence-electron chi connectivity index (χ0n) is 11.1. The average molecular weight is 286 g/mol. The summed E-state index contributed by atoms with van der Waals surface area (Å²) in [6, 6.07) is 6.93. The van der Waals surface area contributed by atoms with E-state index in [-0.39, 0.29) is 5.69 Å². The molecule has 1 aliphatic rings. The molecule has 3 nitrogen and oxygen atoms in total. The molecule has 1 amide bonds. The van der Waals surface area contributed by atoms with Crippen LogP contribution in [0.25, 0.3) is 0 Å². The number of halogens is 3. The number of benzene rings is 1. The quantitative estimate of drug-likeness (QED) is 0.893. The van der Waals surface area contributed by atoms with E-state index >= 15 is 0 Å². The minimum Gasteiger partial charge on any atom is -0.318 e. The zero-order chi connectivity index (χ0) is 14.8. The van der Waals surface area contributed by atoms with Gasteiger partial charge < -0.3 is 10.6 Å². The van der Waals surface area contributed by atoms with Crippen LogP contribution in [0.4, 0.5) is 18.9 Å². The van der Waals surface area contributed by atoms with Gasteiger partial charge in [0.1, 0.15) is 0 Å². The Labute approximate surface area is 115 Å². The first-order valence-corrected chi connectivity index (χ1v) is 6.55. The van der Waals surface area contributed by atoms with Gasteiger partial charge in [-0.25, -0.2) is 0 Å². The number of alkyl halides is 3. The van der Waals surface area contributed by atoms with Crippen molar-refractivity contribution >= 4 is 11.6 Å². The highest BCUT2D eigenvalue weighted by Gasteiger charge is 2.38. The van der Waals surface area contributed by atoms with Crippen molar-refractivity contribution in [2.75, 3.05) is 5.32 Å². The van der Waals surface area contributed by atoms with E-state index < -0.39 is 12.1 Å². The third-order valence-electron chi connectivity index (χ3n) is 3.41. The van der Waals surface area contributed by atoms with Crippen LogP contribution in [0.15, 0.2) is 24.3 Å². The standard InChI is InChI=1S/C14H17F3N2O/c1-9-5-12(6-9)18-8-10-3-2-4-11(7-10)19-13(20)14(15,16)17/h2-4,7,9,12,18H,5-6,8H2,1H3,(H,19,20). The van der Waals surface area contributed by atoms with Crippen molar-refractivity contribution < 1.29 is 18.0 Å². The number of hydrogen-bond donors (Lipinski definition) is 2. The van der Waals surface area contributed by atoms with Crippen molar-refractivity contribution in [1.29, 1.82) is 0 Å². The molecule has 110 valence electrons. The van der Waals surface area contributed by atoms with Crippen molar-refractivity contribution in [3.8, 4) is 0 Å². The Balaban J connectivity index is 1.89. The molecule has 0 heterocycles. The van der Waals surface area contributed by atoms with Gasteiger partial charge in [0.2, 0.25) is 0 Å². The lowest BCUT2D eigenvalue weighted by Crippen LogP contribution is -2.39. The molecule has 1 aromatic rings. The number of carbonyl (C=O) groups excluding carboxylic acids is 1. The Bertz CT molecular complexity index is 482. The Morgan fingerprint density at radius 1 is 1.35 bits per heavy atom. The number of carbonyl (C=O) groups is 1. The largest absolute Gasteiger partial charge is 0.471 e. The summed E-state index contributed by atoms with van der Waals surface area (Å²) < 4.78 is 36.5. The summed E-state index contributed by atoms with van der Waals surface area (Å²) in [5, 5.41) is 5.19. The van der Waals surface area contributed by atoms with Crippen LogP contribution < -0.4 is 10.6 Å². The topological polar surface area (TPSA) is 41.1 Å². The van der Waals surface area contributed by atoms with Crippen LogP contribution >= 0.6 is 0 Å². The fourth-order valence-electron chi connectivity index (χ4n) is 2.29. The second-order valence-electron chi connectivity index (χ2n) is 5.31. The molecule has 0 unspecified atom stereocenters. The van der Waals surface area contributed by atoms with Crippen LogP contribution in [0.1, 0.15) is 25.3 Å². The van der Waals surface area contributed by atoms with Gasteiger partial charge in [0.25, 0.3) is 0 Å². The summed E-state index contributed by atoms with van der Waals surface area (Å²) in [5.41, 5.74) is 1.01. The lowest BCUT2D eigenvalue weighted by Gasteiger charge is -2.33. The molecule has 1 fully saturated rings. The maximum Gasteiger partial charge on any atom is 0.471 e. The fourth-order valence-corrected chi connectivity index (χ4v) is 2.29. The molecule has 0 saturated heterocycles. The predicted molar refractivity (Wildman–Crippen MR) is 70.2 cm³/mol. The van der Waals surface area contributed by atoms with Crippen LogP contribution in [0.3, 0.4) is 0 Å². The maximum absolute atomic E-state index is 12.2. The SMILES string of the molecule is CC1CC(NCc2cccc(NC(=O)C(F)(F)F)c2)C1. The Morgan fingerprint density at radius 3 is 2.65 bits per heavy atom. The molecule has 1 saturated carbocycles. The van der Waals surface area contributed by atoms with Crippen molar-refractivity contribution in [3.63, 3.8) is 0 Å². The summed E-state index contributed by atoms with van der Waals surface area (Å²) in [6.45, 7) is 2.78. The molecule has 2 N–H and O–H groups in total. The maximum atomic E-state index is 12.2. The molecule has 0 aromatic heterocycles. The second kappa shape index (κ2) is 5.83. The molecule has 0 radical (unpaired) electrons. The molecule has 1 aromatic carbocycles. The number of rotatable bonds is 4. The van der Waals surface area contributed by atoms with Gasteiger partial charge in [0.05, 0.1) is 0 Å². The van der Waals surface area contributed by atoms with Crippen LogP contribution in [-0.2, 0) is 11.3 Å². The highest BCUT2D eigenvalue weighted by Crippen LogP contribution is 2.26. The van der Waals surface area contributed by atoms with E-state index in [0.717, 1.165) is 24.3 Å². The minimum atomic E-state index is -4.86. The van der Waals surface area contributed by atoms with Crippen molar-refractivity contribution in [2.45, 2.75) is 38.5 Å². The van der Waals surface area contributed by atoms with Crippen LogP contribution in [-0.4, -0.2) is 18.1 Å². The summed E-state index contributed by atoms with van der Waals surface area (Å²) in [4.78, 5) is 10.9. The molecule has 1 aliphatic carbocycles. The van der Waals surface area contributed by atoms with E-state index in [0.29, 0.717) is 12.6 Å². The highest BCUT2D eigenvalue weighted by molar-refractivity contribution is 5.94. The monoisotopic (exact) mass is 286 g/mol. The van der Waals surface area contributed by atoms with Crippen LogP contribution in [0.2, 0.25) is 0 Å². The fraction of sp³-hybridized carbons (Fsp3) is 0.500. The van der Waals surface area contributed by atoms with E-state index in [1.807, 2.05) is 11.4 Å². The Hall–Kier alpha value is -1.56. The molecule has 2 rings (SSSR count). The molecule has 0 atom stereocenters. The van der Waals surface area contributed by atoms with E-state index in [1.54, 1.807) is 12.1 Å². The number of anilines is 1. The normalized spacial score (nSPS) is 22.2. The van der Waals surface area contributed by atoms with E-state index in [9.17, 15) is 18.0 Å². The minimum absolute atomic E-state index is 0.161. The summed E-state index contributed by atoms with van der Waals surface area (Å²) in [6.07, 6.45) is -2.61. The zero-order valence-corrected chi connectivity index (χ0v) is 11.1. The van der Waals surface area contributed by atoms with Crippen LogP contribution in [0, 0.1) is 5.92 Å². The van der Waals surface area contributed by atoms with Gasteiger partial charge >= 0.3 is 12.1 Å². The average Bonchev–Trinajstić information content (AvgIpc) is 2.32. The van der Waals surface area contributed by atoms with Gasteiger partial charge in [-0.2, -0.15) is 13.2 Å². The van der Waals surface area contributed by atoms with Crippen molar-refractivity contribution in [2.24, 2.45) is 5.92 Å². The number of hydrogen-bond acceptors (Lipinski definition) is 2. The van der Waals surface area contributed by atoms with E-state index in [1.165, 1.54) is 6.07 Å². The van der Waals surface area contributed by atoms with Gasteiger partial charge in [0.15, 0.2) is 0 Å². The molecular formula is C14H17F3N2O. The molecule has 6 heteroatoms. The number of nitrogens with one attached hydrogen (secondary N) is 2. The van der Waals surface area contributed by atoms with Gasteiger partial charge in [-0.3, -0.25) is 4.79 Å². The smallest absolute Gasteiger partial charge is 0.318 e. The first-order valence-electron chi connectivity index (χ1n) is 6.55.